The third-order valence-corrected chi connectivity index (χ3v) is 4.72. The van der Waals surface area contributed by atoms with Crippen LogP contribution in [-0.4, -0.2) is 48.0 Å². The zero-order chi connectivity index (χ0) is 30.0. The highest BCUT2D eigenvalue weighted by Gasteiger charge is 2.19. The molecule has 0 amide bonds. The van der Waals surface area contributed by atoms with Crippen molar-refractivity contribution in [1.29, 1.82) is 0 Å². The number of carboxylic acid groups (broad SMARTS) is 3. The number of hydrogen-bond donors (Lipinski definition) is 3. The van der Waals surface area contributed by atoms with Crippen LogP contribution in [0.5, 0.6) is 0 Å². The van der Waals surface area contributed by atoms with E-state index in [9.17, 15) is 49.1 Å². The summed E-state index contributed by atoms with van der Waals surface area (Å²) in [6.45, 7) is 0. The van der Waals surface area contributed by atoms with Crippen LogP contribution in [0.3, 0.4) is 0 Å². The summed E-state index contributed by atoms with van der Waals surface area (Å²) in [5.74, 6) is -4.97. The third kappa shape index (κ3) is 9.30. The minimum Gasteiger partial charge on any atom is -0.478 e. The first-order valence-corrected chi connectivity index (χ1v) is 10.3. The van der Waals surface area contributed by atoms with Gasteiger partial charge in [0.05, 0.1) is 25.9 Å². The van der Waals surface area contributed by atoms with Crippen LogP contribution < -0.4 is 0 Å². The number of rotatable bonds is 6. The molecule has 18 heteroatoms. The summed E-state index contributed by atoms with van der Waals surface area (Å²) in [4.78, 5) is 59.6. The Morgan fingerprint density at radius 2 is 1.10 bits per heavy atom. The summed E-state index contributed by atoms with van der Waals surface area (Å²) in [7, 11) is 0. The topological polar surface area (TPSA) is 241 Å². The van der Waals surface area contributed by atoms with E-state index in [-0.39, 0.29) is 21.2 Å². The van der Waals surface area contributed by atoms with Gasteiger partial charge in [-0.15, -0.1) is 0 Å². The fraction of sp³-hybridized carbons (Fsp3) is 0. The van der Waals surface area contributed by atoms with E-state index in [0.717, 1.165) is 30.3 Å². The number of carbonyl (C=O) groups is 3. The highest BCUT2D eigenvalue weighted by atomic mass is 35.5. The van der Waals surface area contributed by atoms with Crippen molar-refractivity contribution >= 4 is 58.2 Å². The molecule has 3 aromatic carbocycles. The molecule has 3 rings (SSSR count). The average Bonchev–Trinajstić information content (AvgIpc) is 2.84. The van der Waals surface area contributed by atoms with Crippen LogP contribution in [0.25, 0.3) is 0 Å². The second kappa shape index (κ2) is 13.9. The number of hydrogen-bond acceptors (Lipinski definition) is 9. The Morgan fingerprint density at radius 3 is 1.54 bits per heavy atom. The second-order valence-corrected chi connectivity index (χ2v) is 7.52. The van der Waals surface area contributed by atoms with E-state index < -0.39 is 61.1 Å². The van der Waals surface area contributed by atoms with Crippen molar-refractivity contribution in [2.45, 2.75) is 0 Å². The number of benzene rings is 3. The number of carboxylic acids is 3. The Labute approximate surface area is 224 Å². The molecule has 0 aliphatic heterocycles. The van der Waals surface area contributed by atoms with Crippen LogP contribution in [0.4, 0.5) is 21.5 Å². The van der Waals surface area contributed by atoms with Crippen molar-refractivity contribution in [3.05, 3.63) is 117 Å². The van der Waals surface area contributed by atoms with Crippen LogP contribution >= 0.6 is 23.2 Å². The van der Waals surface area contributed by atoms with Gasteiger partial charge in [0.25, 0.3) is 11.4 Å². The van der Waals surface area contributed by atoms with Gasteiger partial charge in [-0.25, -0.2) is 14.4 Å². The highest BCUT2D eigenvalue weighted by molar-refractivity contribution is 6.32. The Balaban J connectivity index is 0.000000292. The van der Waals surface area contributed by atoms with Crippen LogP contribution in [0, 0.1) is 36.2 Å². The summed E-state index contributed by atoms with van der Waals surface area (Å²) in [6.07, 6.45) is 0. The minimum absolute atomic E-state index is 0.0741. The van der Waals surface area contributed by atoms with Crippen LogP contribution in [0.2, 0.25) is 10.0 Å². The number of nitro benzene ring substituents is 3. The van der Waals surface area contributed by atoms with Gasteiger partial charge in [0.2, 0.25) is 5.82 Å². The summed E-state index contributed by atoms with van der Waals surface area (Å²) in [5.41, 5.74) is -2.57. The SMILES string of the molecule is O=C(O)c1cc(Cl)ccc1[N+](=O)[O-].O=C(O)c1ccc(Cl)c([N+](=O)[O-])c1.O=C(O)c1ccc(F)c([N+](=O)[O-])c1. The molecular weight excluding hydrogens is 576 g/mol. The summed E-state index contributed by atoms with van der Waals surface area (Å²) < 4.78 is 12.6. The predicted molar refractivity (Wildman–Crippen MR) is 130 cm³/mol. The summed E-state index contributed by atoms with van der Waals surface area (Å²) in [5, 5.41) is 56.4. The lowest BCUT2D eigenvalue weighted by atomic mass is 10.2. The maximum atomic E-state index is 12.6. The molecule has 3 N–H and O–H groups in total. The van der Waals surface area contributed by atoms with Gasteiger partial charge in [-0.1, -0.05) is 23.2 Å². The summed E-state index contributed by atoms with van der Waals surface area (Å²) in [6, 6.07) is 9.08. The molecule has 0 radical (unpaired) electrons. The fourth-order valence-electron chi connectivity index (χ4n) is 2.41. The van der Waals surface area contributed by atoms with Crippen LogP contribution in [-0.2, 0) is 0 Å². The Hall–Kier alpha value is -5.22. The Kier molecular flexibility index (Phi) is 11.3. The molecule has 0 aromatic heterocycles. The molecule has 0 unspecified atom stereocenters. The molecule has 0 spiro atoms. The van der Waals surface area contributed by atoms with Crippen LogP contribution in [0.15, 0.2) is 54.6 Å². The van der Waals surface area contributed by atoms with E-state index >= 15 is 0 Å². The van der Waals surface area contributed by atoms with Gasteiger partial charge in [-0.2, -0.15) is 4.39 Å². The van der Waals surface area contributed by atoms with Crippen molar-refractivity contribution in [2.75, 3.05) is 0 Å². The van der Waals surface area contributed by atoms with Crippen molar-refractivity contribution in [3.8, 4) is 0 Å². The maximum absolute atomic E-state index is 12.6. The standard InChI is InChI=1S/2C7H4ClNO4.C7H4FNO4/c8-4-1-2-6(9(12)13)5(3-4)7(10)11;2*8-5-2-1-4(7(10)11)3-6(5)9(12)13/h3*1-3H,(H,10,11). The first-order chi connectivity index (χ1) is 18.1. The monoisotopic (exact) mass is 587 g/mol. The molecule has 3 aromatic rings. The largest absolute Gasteiger partial charge is 0.478 e. The zero-order valence-corrected chi connectivity index (χ0v) is 20.2. The normalized spacial score (nSPS) is 9.62. The maximum Gasteiger partial charge on any atom is 0.342 e. The lowest BCUT2D eigenvalue weighted by Gasteiger charge is -1.97. The first kappa shape index (κ1) is 31.8. The number of aromatic carboxylic acids is 3. The predicted octanol–water partition coefficient (Wildman–Crippen LogP) is 5.32. The van der Waals surface area contributed by atoms with Gasteiger partial charge < -0.3 is 15.3 Å². The van der Waals surface area contributed by atoms with Gasteiger partial charge in [-0.3, -0.25) is 30.3 Å². The number of halogens is 3. The van der Waals surface area contributed by atoms with Crippen LogP contribution in [0.1, 0.15) is 31.1 Å². The van der Waals surface area contributed by atoms with Crippen molar-refractivity contribution in [1.82, 2.24) is 0 Å². The quantitative estimate of drug-likeness (QED) is 0.245. The van der Waals surface area contributed by atoms with E-state index in [1.807, 2.05) is 0 Å². The first-order valence-electron chi connectivity index (χ1n) is 9.58. The molecule has 0 heterocycles. The van der Waals surface area contributed by atoms with Gasteiger partial charge in [0.15, 0.2) is 0 Å². The zero-order valence-electron chi connectivity index (χ0n) is 18.7. The average molecular weight is 588 g/mol. The molecule has 0 saturated heterocycles. The van der Waals surface area contributed by atoms with E-state index in [2.05, 4.69) is 0 Å². The lowest BCUT2D eigenvalue weighted by molar-refractivity contribution is -0.387. The van der Waals surface area contributed by atoms with Crippen molar-refractivity contribution in [2.24, 2.45) is 0 Å². The van der Waals surface area contributed by atoms with Gasteiger partial charge in [-0.05, 0) is 36.4 Å². The van der Waals surface area contributed by atoms with Crippen molar-refractivity contribution in [3.63, 3.8) is 0 Å². The smallest absolute Gasteiger partial charge is 0.342 e. The Morgan fingerprint density at radius 1 is 0.641 bits per heavy atom. The highest BCUT2D eigenvalue weighted by Crippen LogP contribution is 2.25. The Bertz CT molecular complexity index is 1410. The molecule has 39 heavy (non-hydrogen) atoms. The van der Waals surface area contributed by atoms with Gasteiger partial charge >= 0.3 is 23.6 Å². The molecule has 204 valence electrons. The van der Waals surface area contributed by atoms with E-state index in [1.54, 1.807) is 0 Å². The molecule has 0 bridgehead atoms. The molecule has 0 aliphatic carbocycles. The number of nitro groups is 3. The molecule has 0 saturated carbocycles. The molecule has 0 fully saturated rings. The summed E-state index contributed by atoms with van der Waals surface area (Å²) >= 11 is 10.9. The van der Waals surface area contributed by atoms with E-state index in [4.69, 9.17) is 38.5 Å². The lowest BCUT2D eigenvalue weighted by Crippen LogP contribution is -2.02. The molecule has 15 nitrogen and oxygen atoms in total. The van der Waals surface area contributed by atoms with Crippen molar-refractivity contribution < 1.29 is 48.9 Å². The fourth-order valence-corrected chi connectivity index (χ4v) is 2.77. The van der Waals surface area contributed by atoms with Gasteiger partial charge in [0, 0.05) is 23.2 Å². The molecule has 0 aliphatic rings. The van der Waals surface area contributed by atoms with E-state index in [1.165, 1.54) is 18.2 Å². The number of nitrogens with zero attached hydrogens (tertiary/aromatic N) is 3. The van der Waals surface area contributed by atoms with E-state index in [0.29, 0.717) is 6.07 Å². The minimum atomic E-state index is -1.37. The molecule has 0 atom stereocenters. The van der Waals surface area contributed by atoms with Gasteiger partial charge in [0.1, 0.15) is 10.6 Å². The second-order valence-electron chi connectivity index (χ2n) is 6.68. The molecular formula is C21H12Cl2FN3O12. The third-order valence-electron chi connectivity index (χ3n) is 4.17.